The Balaban J connectivity index is 2.02. The fraction of sp³-hybridized carbons (Fsp3) is 0.619. The van der Waals surface area contributed by atoms with Crippen LogP contribution in [-0.2, 0) is 4.74 Å². The van der Waals surface area contributed by atoms with E-state index in [4.69, 9.17) is 15.3 Å². The zero-order chi connectivity index (χ0) is 20.7. The molecule has 1 aliphatic rings. The monoisotopic (exact) mass is 390 g/mol. The molecule has 0 unspecified atom stereocenters. The summed E-state index contributed by atoms with van der Waals surface area (Å²) in [6, 6.07) is 3.84. The fourth-order valence-electron chi connectivity index (χ4n) is 3.24. The van der Waals surface area contributed by atoms with Crippen molar-refractivity contribution < 1.29 is 14.3 Å². The average Bonchev–Trinajstić information content (AvgIpc) is 3.12. The number of hydrazine groups is 1. The first-order chi connectivity index (χ1) is 13.3. The van der Waals surface area contributed by atoms with Gasteiger partial charge in [0.2, 0.25) is 0 Å². The molecule has 28 heavy (non-hydrogen) atoms. The van der Waals surface area contributed by atoms with Crippen molar-refractivity contribution in [2.24, 2.45) is 11.8 Å². The van der Waals surface area contributed by atoms with Gasteiger partial charge in [-0.3, -0.25) is 0 Å². The average molecular weight is 391 g/mol. The van der Waals surface area contributed by atoms with Gasteiger partial charge < -0.3 is 19.4 Å². The summed E-state index contributed by atoms with van der Waals surface area (Å²) in [5.74, 6) is 7.12. The van der Waals surface area contributed by atoms with E-state index in [1.54, 1.807) is 19.0 Å². The Morgan fingerprint density at radius 1 is 1.32 bits per heavy atom. The lowest BCUT2D eigenvalue weighted by Crippen LogP contribution is -2.33. The summed E-state index contributed by atoms with van der Waals surface area (Å²) in [5, 5.41) is 1.44. The maximum absolute atomic E-state index is 12.1. The molecule has 1 aromatic heterocycles. The number of carbonyl (C=O) groups excluding carboxylic acids is 1. The molecule has 7 nitrogen and oxygen atoms in total. The highest BCUT2D eigenvalue weighted by Crippen LogP contribution is 2.26. The molecule has 156 valence electrons. The number of aromatic nitrogens is 1. The molecule has 1 aliphatic carbocycles. The molecule has 1 heterocycles. The van der Waals surface area contributed by atoms with E-state index >= 15 is 0 Å². The van der Waals surface area contributed by atoms with Gasteiger partial charge in [0.25, 0.3) is 0 Å². The molecule has 0 radical (unpaired) electrons. The van der Waals surface area contributed by atoms with Crippen LogP contribution in [0, 0.1) is 12.8 Å². The van der Waals surface area contributed by atoms with Crippen LogP contribution in [0.15, 0.2) is 17.8 Å². The van der Waals surface area contributed by atoms with E-state index in [9.17, 15) is 4.79 Å². The molecular weight excluding hydrogens is 356 g/mol. The minimum absolute atomic E-state index is 0.0787. The molecule has 0 aliphatic heterocycles. The molecule has 1 amide bonds. The number of hydrogen-bond acceptors (Lipinski definition) is 6. The molecule has 0 aromatic carbocycles. The topological polar surface area (TPSA) is 80.9 Å². The summed E-state index contributed by atoms with van der Waals surface area (Å²) >= 11 is 0. The van der Waals surface area contributed by atoms with Crippen LogP contribution < -0.4 is 10.6 Å². The lowest BCUT2D eigenvalue weighted by molar-refractivity contribution is 0.110. The Labute approximate surface area is 168 Å². The molecular formula is C21H34N4O3. The van der Waals surface area contributed by atoms with Gasteiger partial charge in [0.15, 0.2) is 0 Å². The number of rotatable bonds is 8. The van der Waals surface area contributed by atoms with Crippen molar-refractivity contribution in [2.45, 2.75) is 52.6 Å². The van der Waals surface area contributed by atoms with Gasteiger partial charge in [-0.1, -0.05) is 13.8 Å². The van der Waals surface area contributed by atoms with Gasteiger partial charge in [-0.25, -0.2) is 15.6 Å². The smallest absolute Gasteiger partial charge is 0.409 e. The lowest BCUT2D eigenvalue weighted by atomic mass is 10.2. The van der Waals surface area contributed by atoms with Crippen molar-refractivity contribution in [3.63, 3.8) is 0 Å². The second-order valence-electron chi connectivity index (χ2n) is 7.92. The predicted molar refractivity (Wildman–Crippen MR) is 111 cm³/mol. The van der Waals surface area contributed by atoms with E-state index in [1.807, 2.05) is 25.1 Å². The van der Waals surface area contributed by atoms with E-state index in [0.29, 0.717) is 24.3 Å². The molecule has 0 spiro atoms. The minimum atomic E-state index is -0.370. The quantitative estimate of drug-likeness (QED) is 0.540. The van der Waals surface area contributed by atoms with Crippen LogP contribution in [0.4, 0.5) is 4.79 Å². The summed E-state index contributed by atoms with van der Waals surface area (Å²) in [6.07, 6.45) is 6.44. The Morgan fingerprint density at radius 2 is 2.00 bits per heavy atom. The predicted octanol–water partition coefficient (Wildman–Crippen LogP) is 3.58. The highest BCUT2D eigenvalue weighted by atomic mass is 16.6. The second-order valence-corrected chi connectivity index (χ2v) is 7.92. The summed E-state index contributed by atoms with van der Waals surface area (Å²) < 4.78 is 11.4. The summed E-state index contributed by atoms with van der Waals surface area (Å²) in [6.45, 7) is 6.76. The normalized spacial score (nSPS) is 15.0. The van der Waals surface area contributed by atoms with Crippen molar-refractivity contribution in [1.29, 1.82) is 0 Å². The van der Waals surface area contributed by atoms with Crippen molar-refractivity contribution in [3.05, 3.63) is 29.2 Å². The first-order valence-electron chi connectivity index (χ1n) is 9.97. The number of hydrogen-bond donors (Lipinski definition) is 1. The van der Waals surface area contributed by atoms with E-state index in [0.717, 1.165) is 30.0 Å². The van der Waals surface area contributed by atoms with E-state index in [1.165, 1.54) is 17.9 Å². The molecule has 7 heteroatoms. The number of amides is 1. The minimum Gasteiger partial charge on any atom is -0.489 e. The van der Waals surface area contributed by atoms with Crippen LogP contribution in [0.2, 0.25) is 0 Å². The summed E-state index contributed by atoms with van der Waals surface area (Å²) in [5.41, 5.74) is 2.24. The molecule has 1 saturated carbocycles. The van der Waals surface area contributed by atoms with Crippen LogP contribution >= 0.6 is 0 Å². The Morgan fingerprint density at radius 3 is 2.57 bits per heavy atom. The third-order valence-corrected chi connectivity index (χ3v) is 4.72. The summed E-state index contributed by atoms with van der Waals surface area (Å²) in [4.78, 5) is 18.3. The van der Waals surface area contributed by atoms with Gasteiger partial charge in [-0.15, -0.1) is 0 Å². The van der Waals surface area contributed by atoms with Crippen LogP contribution in [0.5, 0.6) is 5.75 Å². The Kier molecular flexibility index (Phi) is 8.11. The van der Waals surface area contributed by atoms with Crippen LogP contribution in [0.25, 0.3) is 6.08 Å². The molecule has 0 saturated heterocycles. The van der Waals surface area contributed by atoms with Gasteiger partial charge in [-0.2, -0.15) is 0 Å². The number of likely N-dealkylation sites (N-methyl/N-ethyl adjacent to an activating group) is 1. The standard InChI is InChI=1S/C21H34N4O3/c1-15(2)13-24(4)21(26)27-14-18(25(5)22)12-17-10-11-20(16(3)23-17)28-19-8-6-7-9-19/h10-12,15,19H,6-9,13-14,22H2,1-5H3/b18-12+. The van der Waals surface area contributed by atoms with E-state index in [2.05, 4.69) is 18.8 Å². The van der Waals surface area contributed by atoms with Crippen molar-refractivity contribution in [2.75, 3.05) is 27.2 Å². The largest absolute Gasteiger partial charge is 0.489 e. The maximum Gasteiger partial charge on any atom is 0.409 e. The summed E-state index contributed by atoms with van der Waals surface area (Å²) in [7, 11) is 3.44. The highest BCUT2D eigenvalue weighted by molar-refractivity contribution is 5.67. The number of ether oxygens (including phenoxy) is 2. The third kappa shape index (κ3) is 6.71. The first-order valence-corrected chi connectivity index (χ1v) is 9.97. The number of carbonyl (C=O) groups is 1. The maximum atomic E-state index is 12.1. The van der Waals surface area contributed by atoms with Crippen LogP contribution in [0.1, 0.15) is 50.9 Å². The van der Waals surface area contributed by atoms with E-state index in [-0.39, 0.29) is 12.7 Å². The molecule has 2 N–H and O–H groups in total. The van der Waals surface area contributed by atoms with Gasteiger partial charge >= 0.3 is 6.09 Å². The van der Waals surface area contributed by atoms with Gasteiger partial charge in [0, 0.05) is 20.6 Å². The lowest BCUT2D eigenvalue weighted by Gasteiger charge is -2.21. The van der Waals surface area contributed by atoms with Crippen LogP contribution in [0.3, 0.4) is 0 Å². The number of aryl methyl sites for hydroxylation is 1. The van der Waals surface area contributed by atoms with Crippen molar-refractivity contribution >= 4 is 12.2 Å². The molecule has 1 aromatic rings. The first kappa shape index (κ1) is 22.0. The Hall–Kier alpha value is -2.28. The molecule has 0 bridgehead atoms. The molecule has 2 rings (SSSR count). The number of nitrogens with two attached hydrogens (primary N) is 1. The second kappa shape index (κ2) is 10.3. The third-order valence-electron chi connectivity index (χ3n) is 4.72. The molecule has 0 atom stereocenters. The number of nitrogens with zero attached hydrogens (tertiary/aromatic N) is 3. The van der Waals surface area contributed by atoms with Gasteiger partial charge in [-0.05, 0) is 56.7 Å². The molecule has 1 fully saturated rings. The zero-order valence-corrected chi connectivity index (χ0v) is 17.8. The SMILES string of the molecule is Cc1nc(/C=C(\COC(=O)N(C)CC(C)C)N(C)N)ccc1OC1CCCC1. The van der Waals surface area contributed by atoms with Crippen molar-refractivity contribution in [1.82, 2.24) is 14.9 Å². The fourth-order valence-corrected chi connectivity index (χ4v) is 3.24. The van der Waals surface area contributed by atoms with Crippen LogP contribution in [-0.4, -0.2) is 54.3 Å². The number of pyridine rings is 1. The van der Waals surface area contributed by atoms with Gasteiger partial charge in [0.05, 0.1) is 23.2 Å². The van der Waals surface area contributed by atoms with E-state index < -0.39 is 0 Å². The highest BCUT2D eigenvalue weighted by Gasteiger charge is 2.18. The zero-order valence-electron chi connectivity index (χ0n) is 17.8. The Bertz CT molecular complexity index is 682. The van der Waals surface area contributed by atoms with Crippen molar-refractivity contribution in [3.8, 4) is 5.75 Å². The van der Waals surface area contributed by atoms with Gasteiger partial charge in [0.1, 0.15) is 12.4 Å².